The number of nitro benzene ring substituents is 1. The summed E-state index contributed by atoms with van der Waals surface area (Å²) >= 11 is 0. The molecular formula is C14H20N2O4. The molecule has 1 aromatic carbocycles. The number of ether oxygens (including phenoxy) is 1. The van der Waals surface area contributed by atoms with Crippen LogP contribution in [-0.2, 0) is 4.74 Å². The zero-order valence-electron chi connectivity index (χ0n) is 11.3. The second kappa shape index (κ2) is 7.33. The van der Waals surface area contributed by atoms with E-state index < -0.39 is 11.0 Å². The van der Waals surface area contributed by atoms with Crippen molar-refractivity contribution in [3.05, 3.63) is 39.9 Å². The summed E-state index contributed by atoms with van der Waals surface area (Å²) in [4.78, 5) is 10.1. The third-order valence-electron chi connectivity index (χ3n) is 3.51. The van der Waals surface area contributed by atoms with Crippen molar-refractivity contribution in [1.29, 1.82) is 0 Å². The zero-order chi connectivity index (χ0) is 14.4. The molecule has 6 nitrogen and oxygen atoms in total. The van der Waals surface area contributed by atoms with Gasteiger partial charge in [-0.15, -0.1) is 0 Å². The van der Waals surface area contributed by atoms with E-state index in [1.807, 2.05) is 0 Å². The van der Waals surface area contributed by atoms with E-state index in [0.29, 0.717) is 18.0 Å². The molecule has 1 heterocycles. The average Bonchev–Trinajstić information content (AvgIpc) is 2.48. The maximum atomic E-state index is 10.5. The van der Waals surface area contributed by atoms with E-state index in [0.717, 1.165) is 32.6 Å². The number of nitrogens with one attached hydrogen (secondary N) is 1. The highest BCUT2D eigenvalue weighted by atomic mass is 16.6. The summed E-state index contributed by atoms with van der Waals surface area (Å²) in [6.45, 7) is 2.89. The van der Waals surface area contributed by atoms with E-state index in [-0.39, 0.29) is 5.69 Å². The Balaban J connectivity index is 1.76. The van der Waals surface area contributed by atoms with Gasteiger partial charge in [0.25, 0.3) is 5.69 Å². The molecule has 0 amide bonds. The molecule has 0 bridgehead atoms. The monoisotopic (exact) mass is 280 g/mol. The van der Waals surface area contributed by atoms with Crippen molar-refractivity contribution in [2.75, 3.05) is 26.3 Å². The summed E-state index contributed by atoms with van der Waals surface area (Å²) in [5.74, 6) is 0.507. The molecule has 110 valence electrons. The molecule has 6 heteroatoms. The zero-order valence-corrected chi connectivity index (χ0v) is 11.3. The highest BCUT2D eigenvalue weighted by molar-refractivity contribution is 5.33. The Morgan fingerprint density at radius 1 is 1.45 bits per heavy atom. The Bertz CT molecular complexity index is 429. The van der Waals surface area contributed by atoms with E-state index in [4.69, 9.17) is 4.74 Å². The van der Waals surface area contributed by atoms with Crippen LogP contribution in [0.4, 0.5) is 5.69 Å². The molecule has 1 aliphatic heterocycles. The minimum atomic E-state index is -0.652. The molecule has 2 atom stereocenters. The van der Waals surface area contributed by atoms with Crippen LogP contribution >= 0.6 is 0 Å². The molecule has 0 aliphatic carbocycles. The van der Waals surface area contributed by atoms with E-state index in [2.05, 4.69) is 5.32 Å². The van der Waals surface area contributed by atoms with Gasteiger partial charge in [0.05, 0.1) is 17.6 Å². The number of nitrogens with zero attached hydrogens (tertiary/aromatic N) is 1. The number of aliphatic hydroxyl groups is 1. The van der Waals surface area contributed by atoms with Gasteiger partial charge in [0.2, 0.25) is 0 Å². The van der Waals surface area contributed by atoms with Crippen molar-refractivity contribution < 1.29 is 14.8 Å². The summed E-state index contributed by atoms with van der Waals surface area (Å²) in [6.07, 6.45) is 1.60. The lowest BCUT2D eigenvalue weighted by Gasteiger charge is -2.23. The predicted molar refractivity (Wildman–Crippen MR) is 74.5 cm³/mol. The maximum absolute atomic E-state index is 10.5. The SMILES string of the molecule is O=[N+]([O-])c1ccc(C(O)CNCC2CCCOC2)cc1. The van der Waals surface area contributed by atoms with Gasteiger partial charge in [-0.2, -0.15) is 0 Å². The molecule has 2 N–H and O–H groups in total. The van der Waals surface area contributed by atoms with Crippen LogP contribution in [0.5, 0.6) is 0 Å². The highest BCUT2D eigenvalue weighted by Gasteiger charge is 2.15. The molecule has 0 aromatic heterocycles. The van der Waals surface area contributed by atoms with Crippen molar-refractivity contribution >= 4 is 5.69 Å². The third kappa shape index (κ3) is 4.26. The number of rotatable bonds is 6. The fourth-order valence-corrected chi connectivity index (χ4v) is 2.33. The lowest BCUT2D eigenvalue weighted by molar-refractivity contribution is -0.384. The number of non-ortho nitro benzene ring substituents is 1. The summed E-state index contributed by atoms with van der Waals surface area (Å²) < 4.78 is 5.39. The van der Waals surface area contributed by atoms with Crippen molar-refractivity contribution in [3.8, 4) is 0 Å². The Morgan fingerprint density at radius 3 is 2.80 bits per heavy atom. The minimum Gasteiger partial charge on any atom is -0.387 e. The smallest absolute Gasteiger partial charge is 0.269 e. The van der Waals surface area contributed by atoms with Crippen LogP contribution < -0.4 is 5.32 Å². The van der Waals surface area contributed by atoms with Gasteiger partial charge in [0.1, 0.15) is 0 Å². The predicted octanol–water partition coefficient (Wildman–Crippen LogP) is 1.64. The molecule has 1 aromatic rings. The molecule has 1 aliphatic rings. The Morgan fingerprint density at radius 2 is 2.20 bits per heavy atom. The van der Waals surface area contributed by atoms with Crippen molar-refractivity contribution in [1.82, 2.24) is 5.32 Å². The van der Waals surface area contributed by atoms with Gasteiger partial charge < -0.3 is 15.2 Å². The van der Waals surface area contributed by atoms with Gasteiger partial charge in [-0.25, -0.2) is 0 Å². The molecule has 0 spiro atoms. The Kier molecular flexibility index (Phi) is 5.46. The molecule has 1 fully saturated rings. The van der Waals surface area contributed by atoms with Crippen LogP contribution in [0.3, 0.4) is 0 Å². The molecule has 1 saturated heterocycles. The summed E-state index contributed by atoms with van der Waals surface area (Å²) in [7, 11) is 0. The van der Waals surface area contributed by atoms with E-state index in [1.165, 1.54) is 12.1 Å². The van der Waals surface area contributed by atoms with E-state index in [9.17, 15) is 15.2 Å². The third-order valence-corrected chi connectivity index (χ3v) is 3.51. The fourth-order valence-electron chi connectivity index (χ4n) is 2.33. The minimum absolute atomic E-state index is 0.0354. The van der Waals surface area contributed by atoms with Crippen LogP contribution in [0.1, 0.15) is 24.5 Å². The van der Waals surface area contributed by atoms with Gasteiger partial charge in [0, 0.05) is 31.8 Å². The van der Waals surface area contributed by atoms with Gasteiger partial charge in [-0.05, 0) is 36.5 Å². The quantitative estimate of drug-likeness (QED) is 0.611. The Hall–Kier alpha value is -1.50. The number of aliphatic hydroxyl groups excluding tert-OH is 1. The van der Waals surface area contributed by atoms with Crippen LogP contribution in [0.2, 0.25) is 0 Å². The number of nitro groups is 1. The standard InChI is InChI=1S/C14H20N2O4/c17-14(9-15-8-11-2-1-7-20-10-11)12-3-5-13(6-4-12)16(18)19/h3-6,11,14-15,17H,1-2,7-10H2. The van der Waals surface area contributed by atoms with Crippen LogP contribution in [-0.4, -0.2) is 36.3 Å². The van der Waals surface area contributed by atoms with Crippen LogP contribution in [0.25, 0.3) is 0 Å². The van der Waals surface area contributed by atoms with Crippen LogP contribution in [0, 0.1) is 16.0 Å². The largest absolute Gasteiger partial charge is 0.387 e. The topological polar surface area (TPSA) is 84.6 Å². The lowest BCUT2D eigenvalue weighted by Crippen LogP contribution is -2.31. The lowest BCUT2D eigenvalue weighted by atomic mass is 10.0. The van der Waals surface area contributed by atoms with E-state index >= 15 is 0 Å². The molecular weight excluding hydrogens is 260 g/mol. The van der Waals surface area contributed by atoms with Gasteiger partial charge >= 0.3 is 0 Å². The molecule has 2 rings (SSSR count). The van der Waals surface area contributed by atoms with Crippen molar-refractivity contribution in [2.24, 2.45) is 5.92 Å². The first-order valence-electron chi connectivity index (χ1n) is 6.87. The maximum Gasteiger partial charge on any atom is 0.269 e. The molecule has 20 heavy (non-hydrogen) atoms. The molecule has 0 radical (unpaired) electrons. The number of benzene rings is 1. The summed E-state index contributed by atoms with van der Waals surface area (Å²) in [6, 6.07) is 6.00. The summed E-state index contributed by atoms with van der Waals surface area (Å²) in [5.41, 5.74) is 0.719. The first-order chi connectivity index (χ1) is 9.66. The van der Waals surface area contributed by atoms with Crippen molar-refractivity contribution in [3.63, 3.8) is 0 Å². The molecule has 2 unspecified atom stereocenters. The van der Waals surface area contributed by atoms with Gasteiger partial charge in [-0.3, -0.25) is 10.1 Å². The number of hydrogen-bond acceptors (Lipinski definition) is 5. The average molecular weight is 280 g/mol. The van der Waals surface area contributed by atoms with Crippen LogP contribution in [0.15, 0.2) is 24.3 Å². The van der Waals surface area contributed by atoms with E-state index in [1.54, 1.807) is 12.1 Å². The highest BCUT2D eigenvalue weighted by Crippen LogP contribution is 2.17. The Labute approximate surface area is 117 Å². The first kappa shape index (κ1) is 14.9. The van der Waals surface area contributed by atoms with Gasteiger partial charge in [-0.1, -0.05) is 0 Å². The van der Waals surface area contributed by atoms with Gasteiger partial charge in [0.15, 0.2) is 0 Å². The normalized spacial score (nSPS) is 20.6. The fraction of sp³-hybridized carbons (Fsp3) is 0.571. The second-order valence-corrected chi connectivity index (χ2v) is 5.11. The van der Waals surface area contributed by atoms with Crippen molar-refractivity contribution in [2.45, 2.75) is 18.9 Å². The summed E-state index contributed by atoms with van der Waals surface area (Å²) in [5, 5.41) is 23.8. The molecule has 0 saturated carbocycles. The number of hydrogen-bond donors (Lipinski definition) is 2. The second-order valence-electron chi connectivity index (χ2n) is 5.11. The first-order valence-corrected chi connectivity index (χ1v) is 6.87.